The molecule has 2 atom stereocenters. The van der Waals surface area contributed by atoms with Crippen molar-refractivity contribution in [3.05, 3.63) is 0 Å². The summed E-state index contributed by atoms with van der Waals surface area (Å²) in [5.41, 5.74) is -0.0579. The van der Waals surface area contributed by atoms with E-state index in [1.807, 2.05) is 20.8 Å². The highest BCUT2D eigenvalue weighted by atomic mass is 16.2. The Morgan fingerprint density at radius 2 is 1.69 bits per heavy atom. The maximum atomic E-state index is 12.6. The molecular formula is C20H34N4O2. The number of rotatable bonds is 5. The Balaban J connectivity index is 1.23. The Bertz CT molecular complexity index is 565. The fourth-order valence-corrected chi connectivity index (χ4v) is 5.69. The van der Waals surface area contributed by atoms with Crippen LogP contribution in [0.1, 0.15) is 59.3 Å². The summed E-state index contributed by atoms with van der Waals surface area (Å²) in [6.07, 6.45) is 7.28. The van der Waals surface area contributed by atoms with E-state index in [0.29, 0.717) is 25.2 Å². The monoisotopic (exact) mass is 362 g/mol. The van der Waals surface area contributed by atoms with Gasteiger partial charge in [0.1, 0.15) is 0 Å². The molecule has 0 spiro atoms. The molecule has 6 heteroatoms. The predicted octanol–water partition coefficient (Wildman–Crippen LogP) is 1.11. The smallest absolute Gasteiger partial charge is 0.234 e. The van der Waals surface area contributed by atoms with Crippen LogP contribution in [0.25, 0.3) is 0 Å². The Hall–Kier alpha value is -1.14. The van der Waals surface area contributed by atoms with Gasteiger partial charge in [0.25, 0.3) is 0 Å². The molecule has 3 heterocycles. The minimum Gasteiger partial charge on any atom is -0.350 e. The molecule has 5 aliphatic rings. The fraction of sp³-hybridized carbons (Fsp3) is 0.900. The van der Waals surface area contributed by atoms with Crippen LogP contribution < -0.4 is 10.6 Å². The second-order valence-corrected chi connectivity index (χ2v) is 10.2. The van der Waals surface area contributed by atoms with Crippen LogP contribution in [-0.2, 0) is 9.59 Å². The van der Waals surface area contributed by atoms with Crippen LogP contribution in [0.3, 0.4) is 0 Å². The molecule has 3 aliphatic heterocycles. The molecule has 2 aliphatic carbocycles. The average Bonchev–Trinajstić information content (AvgIpc) is 3.11. The summed E-state index contributed by atoms with van der Waals surface area (Å²) >= 11 is 0. The zero-order valence-corrected chi connectivity index (χ0v) is 16.5. The van der Waals surface area contributed by atoms with Gasteiger partial charge in [-0.1, -0.05) is 0 Å². The van der Waals surface area contributed by atoms with Crippen molar-refractivity contribution < 1.29 is 9.59 Å². The van der Waals surface area contributed by atoms with Crippen molar-refractivity contribution in [2.75, 3.05) is 26.2 Å². The third-order valence-corrected chi connectivity index (χ3v) is 6.77. The average molecular weight is 363 g/mol. The first-order chi connectivity index (χ1) is 12.2. The summed E-state index contributed by atoms with van der Waals surface area (Å²) < 4.78 is 0. The largest absolute Gasteiger partial charge is 0.350 e. The van der Waals surface area contributed by atoms with Crippen molar-refractivity contribution in [1.29, 1.82) is 0 Å². The molecule has 0 radical (unpaired) electrons. The lowest BCUT2D eigenvalue weighted by Crippen LogP contribution is -2.70. The van der Waals surface area contributed by atoms with E-state index < -0.39 is 0 Å². The number of amides is 2. The lowest BCUT2D eigenvalue weighted by atomic mass is 9.87. The number of nitrogens with zero attached hydrogens (tertiary/aromatic N) is 2. The number of nitrogens with one attached hydrogen (secondary N) is 2. The van der Waals surface area contributed by atoms with Crippen LogP contribution in [-0.4, -0.2) is 71.0 Å². The normalized spacial score (nSPS) is 36.7. The van der Waals surface area contributed by atoms with Crippen molar-refractivity contribution >= 4 is 11.8 Å². The van der Waals surface area contributed by atoms with Crippen molar-refractivity contribution in [3.8, 4) is 0 Å². The SMILES string of the molecule is CC(C)(C)NC(=O)CN1C2CC1CN(CC(=O)NC13CCC(CC1)C3)C2. The first-order valence-corrected chi connectivity index (χ1v) is 10.3. The van der Waals surface area contributed by atoms with Crippen LogP contribution in [0, 0.1) is 5.92 Å². The highest BCUT2D eigenvalue weighted by molar-refractivity contribution is 5.79. The predicted molar refractivity (Wildman–Crippen MR) is 101 cm³/mol. The highest BCUT2D eigenvalue weighted by Gasteiger charge is 2.47. The summed E-state index contributed by atoms with van der Waals surface area (Å²) in [5, 5.41) is 6.42. The van der Waals surface area contributed by atoms with E-state index in [9.17, 15) is 9.59 Å². The van der Waals surface area contributed by atoms with Crippen molar-refractivity contribution in [2.24, 2.45) is 5.92 Å². The third-order valence-electron chi connectivity index (χ3n) is 6.77. The zero-order chi connectivity index (χ0) is 18.5. The van der Waals surface area contributed by atoms with E-state index in [1.54, 1.807) is 0 Å². The lowest BCUT2D eigenvalue weighted by molar-refractivity contribution is -0.136. The minimum absolute atomic E-state index is 0.106. The lowest BCUT2D eigenvalue weighted by Gasteiger charge is -2.56. The Kier molecular flexibility index (Phi) is 4.55. The van der Waals surface area contributed by atoms with E-state index in [-0.39, 0.29) is 22.9 Å². The fourth-order valence-electron chi connectivity index (χ4n) is 5.69. The number of piperidine rings is 1. The molecule has 5 fully saturated rings. The van der Waals surface area contributed by atoms with E-state index >= 15 is 0 Å². The zero-order valence-electron chi connectivity index (χ0n) is 16.5. The second kappa shape index (κ2) is 6.48. The van der Waals surface area contributed by atoms with Gasteiger partial charge in [0, 0.05) is 36.3 Å². The van der Waals surface area contributed by atoms with Gasteiger partial charge in [-0.25, -0.2) is 0 Å². The van der Waals surface area contributed by atoms with E-state index in [1.165, 1.54) is 32.1 Å². The first kappa shape index (κ1) is 18.2. The summed E-state index contributed by atoms with van der Waals surface area (Å²) in [5.74, 6) is 1.16. The van der Waals surface area contributed by atoms with E-state index in [4.69, 9.17) is 0 Å². The number of piperazine rings is 1. The molecule has 26 heavy (non-hydrogen) atoms. The van der Waals surface area contributed by atoms with Crippen LogP contribution >= 0.6 is 0 Å². The van der Waals surface area contributed by atoms with Gasteiger partial charge >= 0.3 is 0 Å². The van der Waals surface area contributed by atoms with Crippen molar-refractivity contribution in [2.45, 2.75) is 82.5 Å². The van der Waals surface area contributed by atoms with Gasteiger partial charge in [0.2, 0.25) is 11.8 Å². The summed E-state index contributed by atoms with van der Waals surface area (Å²) in [6.45, 7) is 8.85. The molecule has 0 aromatic heterocycles. The Morgan fingerprint density at radius 3 is 2.23 bits per heavy atom. The molecule has 2 saturated carbocycles. The van der Waals surface area contributed by atoms with Gasteiger partial charge in [-0.05, 0) is 65.2 Å². The molecule has 2 N–H and O–H groups in total. The van der Waals surface area contributed by atoms with Gasteiger partial charge in [-0.2, -0.15) is 0 Å². The minimum atomic E-state index is -0.180. The number of carbonyl (C=O) groups excluding carboxylic acids is 2. The van der Waals surface area contributed by atoms with Crippen molar-refractivity contribution in [1.82, 2.24) is 20.4 Å². The van der Waals surface area contributed by atoms with Gasteiger partial charge in [0.05, 0.1) is 13.1 Å². The molecular weight excluding hydrogens is 328 g/mol. The van der Waals surface area contributed by atoms with Gasteiger partial charge in [-0.15, -0.1) is 0 Å². The second-order valence-electron chi connectivity index (χ2n) is 10.2. The summed E-state index contributed by atoms with van der Waals surface area (Å²) in [6, 6.07) is 0.848. The Morgan fingerprint density at radius 1 is 1.04 bits per heavy atom. The van der Waals surface area contributed by atoms with Crippen molar-refractivity contribution in [3.63, 3.8) is 0 Å². The molecule has 5 rings (SSSR count). The Labute approximate surface area is 157 Å². The van der Waals surface area contributed by atoms with Gasteiger partial charge in [-0.3, -0.25) is 19.4 Å². The first-order valence-electron chi connectivity index (χ1n) is 10.3. The maximum absolute atomic E-state index is 12.6. The molecule has 0 aromatic carbocycles. The molecule has 146 valence electrons. The molecule has 3 saturated heterocycles. The number of carbonyl (C=O) groups is 2. The van der Waals surface area contributed by atoms with Gasteiger partial charge < -0.3 is 10.6 Å². The summed E-state index contributed by atoms with van der Waals surface area (Å²) in [4.78, 5) is 29.3. The van der Waals surface area contributed by atoms with Crippen LogP contribution in [0.15, 0.2) is 0 Å². The molecule has 4 bridgehead atoms. The van der Waals surface area contributed by atoms with E-state index in [0.717, 1.165) is 25.4 Å². The molecule has 2 amide bonds. The molecule has 0 aromatic rings. The van der Waals surface area contributed by atoms with Gasteiger partial charge in [0.15, 0.2) is 0 Å². The maximum Gasteiger partial charge on any atom is 0.234 e. The highest BCUT2D eigenvalue weighted by Crippen LogP contribution is 2.47. The molecule has 2 unspecified atom stereocenters. The number of hydrogen-bond acceptors (Lipinski definition) is 4. The number of fused-ring (bicyclic) bond motifs is 4. The molecule has 6 nitrogen and oxygen atoms in total. The standard InChI is InChI=1S/C20H34N4O2/c1-19(2,3)21-18(26)13-24-15-8-16(24)11-23(10-15)12-17(25)22-20-6-4-14(9-20)5-7-20/h14-16H,4-13H2,1-3H3,(H,21,26)(H,22,25). The topological polar surface area (TPSA) is 64.7 Å². The number of hydrogen-bond donors (Lipinski definition) is 2. The van der Waals surface area contributed by atoms with Crippen LogP contribution in [0.5, 0.6) is 0 Å². The summed E-state index contributed by atoms with van der Waals surface area (Å²) in [7, 11) is 0. The quantitative estimate of drug-likeness (QED) is 0.769. The third kappa shape index (κ3) is 3.77. The van der Waals surface area contributed by atoms with E-state index in [2.05, 4.69) is 20.4 Å². The van der Waals surface area contributed by atoms with Crippen LogP contribution in [0.2, 0.25) is 0 Å². The van der Waals surface area contributed by atoms with Crippen LogP contribution in [0.4, 0.5) is 0 Å².